The highest BCUT2D eigenvalue weighted by Gasteiger charge is 2.24. The molecule has 214 valence electrons. The Bertz CT molecular complexity index is 1710. The predicted octanol–water partition coefficient (Wildman–Crippen LogP) is 5.77. The van der Waals surface area contributed by atoms with Crippen molar-refractivity contribution in [3.63, 3.8) is 0 Å². The molecule has 1 aliphatic heterocycles. The Labute approximate surface area is 246 Å². The second-order valence-electron chi connectivity index (χ2n) is 10.1. The summed E-state index contributed by atoms with van der Waals surface area (Å²) in [6, 6.07) is 19.5. The number of carbonyl (C=O) groups is 1. The van der Waals surface area contributed by atoms with Crippen molar-refractivity contribution in [2.45, 2.75) is 19.5 Å². The standard InChI is InChI=1S/C31H28ClF2N7O/c32-26-5-2-1-4-23(26)19-41-20-36-27-28(35-18-21-6-10-24(33)11-7-21)37-31(38-29(27)41)40-15-3-14-39(16-17-40)30(42)22-8-12-25(34)13-9-22/h1-2,4-13,20H,3,14-19H2,(H,35,37,38). The van der Waals surface area contributed by atoms with Gasteiger partial charge in [-0.1, -0.05) is 41.9 Å². The molecule has 1 N–H and O–H groups in total. The SMILES string of the molecule is O=C(c1ccc(F)cc1)N1CCCN(c2nc(NCc3ccc(F)cc3)c3ncn(Cc4ccccc4Cl)c3n2)CC1. The molecule has 1 amide bonds. The highest BCUT2D eigenvalue weighted by atomic mass is 35.5. The molecule has 0 atom stereocenters. The van der Waals surface area contributed by atoms with Gasteiger partial charge in [-0.3, -0.25) is 4.79 Å². The quantitative estimate of drug-likeness (QED) is 0.260. The molecule has 0 radical (unpaired) electrons. The number of anilines is 2. The summed E-state index contributed by atoms with van der Waals surface area (Å²) in [5.41, 5.74) is 3.54. The average molecular weight is 588 g/mol. The van der Waals surface area contributed by atoms with Crippen LogP contribution in [0, 0.1) is 11.6 Å². The van der Waals surface area contributed by atoms with E-state index in [1.54, 1.807) is 23.4 Å². The maximum atomic E-state index is 13.4. The molecular formula is C31H28ClF2N7O. The van der Waals surface area contributed by atoms with Crippen molar-refractivity contribution in [2.75, 3.05) is 36.4 Å². The molecule has 11 heteroatoms. The Hall–Kier alpha value is -4.57. The summed E-state index contributed by atoms with van der Waals surface area (Å²) in [4.78, 5) is 31.3. The summed E-state index contributed by atoms with van der Waals surface area (Å²) < 4.78 is 28.8. The molecule has 2 aromatic heterocycles. The van der Waals surface area contributed by atoms with Crippen LogP contribution in [-0.4, -0.2) is 56.5 Å². The van der Waals surface area contributed by atoms with E-state index in [-0.39, 0.29) is 17.5 Å². The van der Waals surface area contributed by atoms with Crippen LogP contribution in [0.4, 0.5) is 20.5 Å². The van der Waals surface area contributed by atoms with Crippen LogP contribution in [0.15, 0.2) is 79.1 Å². The molecule has 0 saturated carbocycles. The van der Waals surface area contributed by atoms with E-state index < -0.39 is 0 Å². The van der Waals surface area contributed by atoms with E-state index in [4.69, 9.17) is 21.6 Å². The Morgan fingerprint density at radius 1 is 0.881 bits per heavy atom. The van der Waals surface area contributed by atoms with Crippen LogP contribution < -0.4 is 10.2 Å². The Morgan fingerprint density at radius 2 is 1.62 bits per heavy atom. The van der Waals surface area contributed by atoms with Gasteiger partial charge in [0.2, 0.25) is 5.95 Å². The lowest BCUT2D eigenvalue weighted by Gasteiger charge is -2.23. The molecular weight excluding hydrogens is 560 g/mol. The first-order chi connectivity index (χ1) is 20.4. The van der Waals surface area contributed by atoms with Crippen molar-refractivity contribution in [2.24, 2.45) is 0 Å². The van der Waals surface area contributed by atoms with Gasteiger partial charge in [0.15, 0.2) is 17.0 Å². The van der Waals surface area contributed by atoms with Crippen LogP contribution in [0.1, 0.15) is 27.9 Å². The number of amides is 1. The molecule has 0 unspecified atom stereocenters. The van der Waals surface area contributed by atoms with Gasteiger partial charge in [-0.25, -0.2) is 13.8 Å². The van der Waals surface area contributed by atoms with Gasteiger partial charge in [-0.05, 0) is 60.0 Å². The fourth-order valence-corrected chi connectivity index (χ4v) is 5.20. The molecule has 0 spiro atoms. The summed E-state index contributed by atoms with van der Waals surface area (Å²) in [6.45, 7) is 3.10. The van der Waals surface area contributed by atoms with Crippen LogP contribution >= 0.6 is 11.6 Å². The number of rotatable bonds is 7. The predicted molar refractivity (Wildman–Crippen MR) is 159 cm³/mol. The number of nitrogens with zero attached hydrogens (tertiary/aromatic N) is 6. The van der Waals surface area contributed by atoms with E-state index in [2.05, 4.69) is 15.2 Å². The number of nitrogens with one attached hydrogen (secondary N) is 1. The lowest BCUT2D eigenvalue weighted by Crippen LogP contribution is -2.35. The highest BCUT2D eigenvalue weighted by Crippen LogP contribution is 2.26. The zero-order valence-corrected chi connectivity index (χ0v) is 23.4. The van der Waals surface area contributed by atoms with Gasteiger partial charge >= 0.3 is 0 Å². The molecule has 5 aromatic rings. The summed E-state index contributed by atoms with van der Waals surface area (Å²) >= 11 is 6.45. The number of carbonyl (C=O) groups excluding carboxylic acids is 1. The average Bonchev–Trinajstić information content (AvgIpc) is 3.24. The molecule has 0 aliphatic carbocycles. The summed E-state index contributed by atoms with van der Waals surface area (Å²) in [5, 5.41) is 4.02. The van der Waals surface area contributed by atoms with Gasteiger partial charge in [0.25, 0.3) is 5.91 Å². The topological polar surface area (TPSA) is 79.2 Å². The first-order valence-electron chi connectivity index (χ1n) is 13.7. The summed E-state index contributed by atoms with van der Waals surface area (Å²) in [7, 11) is 0. The third-order valence-corrected chi connectivity index (χ3v) is 7.65. The second-order valence-corrected chi connectivity index (χ2v) is 10.5. The smallest absolute Gasteiger partial charge is 0.253 e. The van der Waals surface area contributed by atoms with Gasteiger partial charge < -0.3 is 19.7 Å². The van der Waals surface area contributed by atoms with Crippen molar-refractivity contribution in [3.8, 4) is 0 Å². The van der Waals surface area contributed by atoms with Crippen LogP contribution in [0.5, 0.6) is 0 Å². The third kappa shape index (κ3) is 6.03. The van der Waals surface area contributed by atoms with Crippen molar-refractivity contribution in [1.82, 2.24) is 24.4 Å². The molecule has 3 heterocycles. The summed E-state index contributed by atoms with van der Waals surface area (Å²) in [6.07, 6.45) is 2.44. The Balaban J connectivity index is 1.29. The minimum absolute atomic E-state index is 0.132. The van der Waals surface area contributed by atoms with E-state index in [1.807, 2.05) is 28.8 Å². The van der Waals surface area contributed by atoms with E-state index >= 15 is 0 Å². The monoisotopic (exact) mass is 587 g/mol. The van der Waals surface area contributed by atoms with Crippen molar-refractivity contribution < 1.29 is 13.6 Å². The first kappa shape index (κ1) is 27.6. The van der Waals surface area contributed by atoms with Crippen molar-refractivity contribution >= 4 is 40.4 Å². The zero-order chi connectivity index (χ0) is 29.1. The van der Waals surface area contributed by atoms with Gasteiger partial charge in [-0.2, -0.15) is 9.97 Å². The van der Waals surface area contributed by atoms with Crippen LogP contribution in [0.3, 0.4) is 0 Å². The van der Waals surface area contributed by atoms with E-state index in [0.29, 0.717) is 79.2 Å². The van der Waals surface area contributed by atoms with Crippen molar-refractivity contribution in [1.29, 1.82) is 0 Å². The number of hydrogen-bond donors (Lipinski definition) is 1. The molecule has 1 saturated heterocycles. The van der Waals surface area contributed by atoms with Crippen LogP contribution in [0.25, 0.3) is 11.2 Å². The van der Waals surface area contributed by atoms with E-state index in [9.17, 15) is 13.6 Å². The van der Waals surface area contributed by atoms with Gasteiger partial charge in [-0.15, -0.1) is 0 Å². The maximum Gasteiger partial charge on any atom is 0.253 e. The van der Waals surface area contributed by atoms with Gasteiger partial charge in [0.05, 0.1) is 12.9 Å². The third-order valence-electron chi connectivity index (χ3n) is 7.28. The van der Waals surface area contributed by atoms with E-state index in [1.165, 1.54) is 36.4 Å². The van der Waals surface area contributed by atoms with Gasteiger partial charge in [0.1, 0.15) is 11.6 Å². The number of imidazole rings is 1. The van der Waals surface area contributed by atoms with Crippen molar-refractivity contribution in [3.05, 3.63) is 112 Å². The number of hydrogen-bond acceptors (Lipinski definition) is 6. The minimum atomic E-state index is -0.376. The molecule has 6 rings (SSSR count). The van der Waals surface area contributed by atoms with Gasteiger partial charge in [0, 0.05) is 43.3 Å². The lowest BCUT2D eigenvalue weighted by molar-refractivity contribution is 0.0767. The second kappa shape index (κ2) is 12.1. The van der Waals surface area contributed by atoms with E-state index in [0.717, 1.165) is 11.1 Å². The zero-order valence-electron chi connectivity index (χ0n) is 22.7. The molecule has 8 nitrogen and oxygen atoms in total. The minimum Gasteiger partial charge on any atom is -0.364 e. The van der Waals surface area contributed by atoms with Crippen LogP contribution in [-0.2, 0) is 13.1 Å². The Morgan fingerprint density at radius 3 is 2.38 bits per heavy atom. The molecule has 42 heavy (non-hydrogen) atoms. The normalized spacial score (nSPS) is 13.8. The maximum absolute atomic E-state index is 13.4. The lowest BCUT2D eigenvalue weighted by atomic mass is 10.2. The largest absolute Gasteiger partial charge is 0.364 e. The first-order valence-corrected chi connectivity index (χ1v) is 14.1. The van der Waals surface area contributed by atoms with Crippen LogP contribution in [0.2, 0.25) is 5.02 Å². The summed E-state index contributed by atoms with van der Waals surface area (Å²) in [5.74, 6) is 0.269. The number of benzene rings is 3. The highest BCUT2D eigenvalue weighted by molar-refractivity contribution is 6.31. The number of aromatic nitrogens is 4. The molecule has 1 aliphatic rings. The fraction of sp³-hybridized carbons (Fsp3) is 0.226. The number of halogens is 3. The molecule has 0 bridgehead atoms. The number of fused-ring (bicyclic) bond motifs is 1. The molecule has 3 aromatic carbocycles. The fourth-order valence-electron chi connectivity index (χ4n) is 5.01. The Kier molecular flexibility index (Phi) is 7.96. The molecule has 1 fully saturated rings.